The van der Waals surface area contributed by atoms with Crippen molar-refractivity contribution in [3.63, 3.8) is 0 Å². The second kappa shape index (κ2) is 16.2. The number of halogens is 3. The fourth-order valence-corrected chi connectivity index (χ4v) is 10.3. The topological polar surface area (TPSA) is 195 Å². The fourth-order valence-electron chi connectivity index (χ4n) is 8.86. The lowest BCUT2D eigenvalue weighted by Crippen LogP contribution is -2.61. The molecule has 5 aliphatic rings. The van der Waals surface area contributed by atoms with E-state index < -0.39 is 104 Å². The average molecular weight is 889 g/mol. The van der Waals surface area contributed by atoms with Gasteiger partial charge in [-0.05, 0) is 75.5 Å². The molecular weight excluding hydrogens is 838 g/mol. The Hall–Kier alpha value is -4.76. The first kappa shape index (κ1) is 44.3. The first-order valence-corrected chi connectivity index (χ1v) is 22.4. The second-order valence-electron chi connectivity index (χ2n) is 18.4. The Morgan fingerprint density at radius 2 is 1.82 bits per heavy atom. The molecule has 0 radical (unpaired) electrons. The van der Waals surface area contributed by atoms with Gasteiger partial charge >= 0.3 is 6.09 Å². The van der Waals surface area contributed by atoms with Gasteiger partial charge in [0.2, 0.25) is 28.3 Å². The number of rotatable bonds is 6. The number of ether oxygens (including phenoxy) is 2. The van der Waals surface area contributed by atoms with E-state index in [4.69, 9.17) is 27.5 Å². The molecule has 9 atom stereocenters. The Morgan fingerprint density at radius 1 is 1.10 bits per heavy atom. The van der Waals surface area contributed by atoms with Crippen LogP contribution in [0.1, 0.15) is 79.6 Å². The quantitative estimate of drug-likeness (QED) is 0.278. The fraction of sp³-hybridized carbons (Fsp3) is 0.619. The van der Waals surface area contributed by atoms with E-state index >= 15 is 0 Å². The van der Waals surface area contributed by atoms with Gasteiger partial charge in [-0.25, -0.2) is 22.0 Å². The maximum absolute atomic E-state index is 14.9. The minimum Gasteiger partial charge on any atom is -0.459 e. The number of alkyl halides is 2. The van der Waals surface area contributed by atoms with Crippen molar-refractivity contribution >= 4 is 56.3 Å². The first-order chi connectivity index (χ1) is 28.6. The summed E-state index contributed by atoms with van der Waals surface area (Å²) in [5.41, 5.74) is -3.53. The van der Waals surface area contributed by atoms with Gasteiger partial charge in [0.15, 0.2) is 0 Å². The summed E-state index contributed by atoms with van der Waals surface area (Å²) in [6.07, 6.45) is 6.10. The Bertz CT molecular complexity index is 2380. The predicted octanol–water partition coefficient (Wildman–Crippen LogP) is 4.30. The van der Waals surface area contributed by atoms with Crippen LogP contribution in [-0.2, 0) is 35.7 Å². The molecule has 3 heterocycles. The number of nitrogens with one attached hydrogen (secondary N) is 3. The molecule has 3 aliphatic carbocycles. The Kier molecular flexibility index (Phi) is 11.7. The lowest BCUT2D eigenvalue weighted by atomic mass is 9.85. The lowest BCUT2D eigenvalue weighted by molar-refractivity contribution is -0.143. The highest BCUT2D eigenvalue weighted by molar-refractivity contribution is 7.91. The summed E-state index contributed by atoms with van der Waals surface area (Å²) in [5.74, 6) is -3.34. The smallest absolute Gasteiger partial charge is 0.408 e. The van der Waals surface area contributed by atoms with Crippen LogP contribution in [0.3, 0.4) is 0 Å². The summed E-state index contributed by atoms with van der Waals surface area (Å²) in [7, 11) is -4.29. The van der Waals surface area contributed by atoms with E-state index in [1.54, 1.807) is 45.9 Å². The third-order valence-electron chi connectivity index (χ3n) is 13.1. The zero-order valence-corrected chi connectivity index (χ0v) is 36.2. The van der Waals surface area contributed by atoms with Crippen molar-refractivity contribution in [2.75, 3.05) is 6.54 Å². The zero-order chi connectivity index (χ0) is 44.4. The van der Waals surface area contributed by atoms with Crippen LogP contribution in [-0.4, -0.2) is 94.2 Å². The number of amides is 4. The van der Waals surface area contributed by atoms with Crippen LogP contribution in [0.15, 0.2) is 35.1 Å². The third kappa shape index (κ3) is 8.44. The van der Waals surface area contributed by atoms with Crippen molar-refractivity contribution in [1.29, 1.82) is 0 Å². The van der Waals surface area contributed by atoms with Crippen molar-refractivity contribution in [2.24, 2.45) is 29.1 Å². The van der Waals surface area contributed by atoms with Gasteiger partial charge in [-0.15, -0.1) is 12.3 Å². The molecule has 61 heavy (non-hydrogen) atoms. The van der Waals surface area contributed by atoms with Crippen molar-refractivity contribution in [1.82, 2.24) is 29.8 Å². The zero-order valence-electron chi connectivity index (χ0n) is 34.6. The molecule has 3 saturated carbocycles. The highest BCUT2D eigenvalue weighted by atomic mass is 35.5. The van der Waals surface area contributed by atoms with E-state index in [1.165, 1.54) is 17.6 Å². The standard InChI is InChI=1S/C42H51ClF2N6O9S/c1-7-23-12-15-29-25(23)11-9-8-10-18-50-35(53)26-14-13-24(43)19-28(26)46-38(50)59-30-21-51(36(54)32(40(3,4)5)47-39(56)60-29)31(22(30)2)34(52)48-42(20-27(42)33(44)45)37(55)49-61(57,58)41(6)16-17-41/h1,8,10,13-14,19,22-23,25,27,29-33H,9,11-12,15-18,20-21H2,2-6H3,(H,47,56)(H,48,52)(H,49,55)/b10-8+/t22-,23+,25-,27+,29-,30+,31+,32-,42-/m1/s1. The van der Waals surface area contributed by atoms with Crippen LogP contribution in [0, 0.1) is 41.4 Å². The van der Waals surface area contributed by atoms with Crippen LogP contribution in [0.25, 0.3) is 10.9 Å². The van der Waals surface area contributed by atoms with E-state index in [0.717, 1.165) is 4.90 Å². The van der Waals surface area contributed by atoms with E-state index in [1.807, 2.05) is 10.8 Å². The molecule has 4 fully saturated rings. The van der Waals surface area contributed by atoms with Gasteiger partial charge in [-0.3, -0.25) is 28.5 Å². The summed E-state index contributed by atoms with van der Waals surface area (Å²) in [6, 6.07) is 1.61. The molecule has 0 spiro atoms. The van der Waals surface area contributed by atoms with Gasteiger partial charge in [0, 0.05) is 29.3 Å². The largest absolute Gasteiger partial charge is 0.459 e. The molecule has 15 nitrogen and oxygen atoms in total. The minimum atomic E-state index is -4.29. The molecule has 19 heteroatoms. The molecule has 0 unspecified atom stereocenters. The van der Waals surface area contributed by atoms with E-state index in [2.05, 4.69) is 21.5 Å². The lowest BCUT2D eigenvalue weighted by Gasteiger charge is -2.36. The molecular formula is C42H51ClF2N6O9S. The van der Waals surface area contributed by atoms with Crippen molar-refractivity contribution in [3.8, 4) is 18.4 Å². The van der Waals surface area contributed by atoms with Gasteiger partial charge in [0.25, 0.3) is 17.5 Å². The average Bonchev–Trinajstić information content (AvgIpc) is 4.04. The Labute approximate surface area is 357 Å². The predicted molar refractivity (Wildman–Crippen MR) is 220 cm³/mol. The molecule has 2 aromatic rings. The molecule has 1 aromatic heterocycles. The SMILES string of the molecule is C#C[C@H]1CC[C@H]2OC(=O)N[C@@H](C(C)(C)C)C(=O)N3C[C@H](Oc4nc5cc(Cl)ccc5c(=O)n4C/C=C/CC[C@H]12)[C@@H](C)[C@H]3C(=O)N[C@]1(C(=O)NS(=O)(=O)C2(C)CC2)C[C@H]1C(F)F. The van der Waals surface area contributed by atoms with Gasteiger partial charge < -0.3 is 25.0 Å². The number of aromatic nitrogens is 2. The first-order valence-electron chi connectivity index (χ1n) is 20.5. The number of hydrogen-bond acceptors (Lipinski definition) is 10. The highest BCUT2D eigenvalue weighted by Crippen LogP contribution is 2.50. The summed E-state index contributed by atoms with van der Waals surface area (Å²) in [5, 5.41) is 5.71. The molecule has 2 aliphatic heterocycles. The third-order valence-corrected chi connectivity index (χ3v) is 15.5. The number of terminal acetylenes is 1. The van der Waals surface area contributed by atoms with Crippen LogP contribution in [0.4, 0.5) is 13.6 Å². The highest BCUT2D eigenvalue weighted by Gasteiger charge is 2.67. The molecule has 1 aromatic carbocycles. The van der Waals surface area contributed by atoms with Gasteiger partial charge in [0.1, 0.15) is 29.8 Å². The number of carbonyl (C=O) groups is 4. The van der Waals surface area contributed by atoms with Gasteiger partial charge in [-0.1, -0.05) is 51.4 Å². The maximum atomic E-state index is 14.9. The van der Waals surface area contributed by atoms with E-state index in [9.17, 15) is 41.2 Å². The Morgan fingerprint density at radius 3 is 2.46 bits per heavy atom. The van der Waals surface area contributed by atoms with Crippen molar-refractivity contribution < 1.29 is 45.9 Å². The van der Waals surface area contributed by atoms with Crippen LogP contribution in [0.2, 0.25) is 5.02 Å². The number of carbonyl (C=O) groups excluding carboxylic acids is 4. The number of sulfonamides is 1. The summed E-state index contributed by atoms with van der Waals surface area (Å²) in [4.78, 5) is 76.7. The molecule has 1 saturated heterocycles. The van der Waals surface area contributed by atoms with E-state index in [-0.39, 0.29) is 54.7 Å². The van der Waals surface area contributed by atoms with E-state index in [0.29, 0.717) is 30.7 Å². The van der Waals surface area contributed by atoms with Crippen LogP contribution >= 0.6 is 11.6 Å². The monoisotopic (exact) mass is 888 g/mol. The Balaban J connectivity index is 1.29. The van der Waals surface area contributed by atoms with Crippen molar-refractivity contribution in [3.05, 3.63) is 45.7 Å². The normalized spacial score (nSPS) is 31.9. The van der Waals surface area contributed by atoms with Crippen LogP contribution < -0.4 is 25.7 Å². The number of allylic oxidation sites excluding steroid dienone is 2. The number of fused-ring (bicyclic) bond motifs is 5. The minimum absolute atomic E-state index is 0.0136. The number of benzene rings is 1. The van der Waals surface area contributed by atoms with Gasteiger partial charge in [0.05, 0.1) is 28.1 Å². The van der Waals surface area contributed by atoms with Crippen molar-refractivity contribution in [2.45, 2.75) is 127 Å². The summed E-state index contributed by atoms with van der Waals surface area (Å²) < 4.78 is 69.3. The number of nitrogens with zero attached hydrogens (tertiary/aromatic N) is 3. The molecule has 330 valence electrons. The van der Waals surface area contributed by atoms with Crippen LogP contribution in [0.5, 0.6) is 6.01 Å². The maximum Gasteiger partial charge on any atom is 0.408 e. The second-order valence-corrected chi connectivity index (χ2v) is 21.0. The molecule has 7 rings (SSSR count). The number of hydrogen-bond donors (Lipinski definition) is 3. The summed E-state index contributed by atoms with van der Waals surface area (Å²) in [6.45, 7) is 7.79. The summed E-state index contributed by atoms with van der Waals surface area (Å²) >= 11 is 6.28. The number of alkyl carbamates (subject to hydrolysis) is 1. The molecule has 4 amide bonds. The molecule has 2 bridgehead atoms. The molecule has 3 N–H and O–H groups in total. The van der Waals surface area contributed by atoms with Gasteiger partial charge in [-0.2, -0.15) is 4.98 Å².